The Morgan fingerprint density at radius 3 is 2.46 bits per heavy atom. The molecule has 0 aromatic heterocycles. The van der Waals surface area contributed by atoms with Crippen LogP contribution < -0.4 is 9.62 Å². The third-order valence-electron chi connectivity index (χ3n) is 3.68. The first kappa shape index (κ1) is 19.9. The van der Waals surface area contributed by atoms with Crippen LogP contribution in [0.25, 0.3) is 0 Å². The molecule has 26 heavy (non-hydrogen) atoms. The summed E-state index contributed by atoms with van der Waals surface area (Å²) in [5.41, 5.74) is 1.62. The van der Waals surface area contributed by atoms with Crippen LogP contribution in [0, 0.1) is 5.82 Å². The number of anilines is 2. The number of sulfonamides is 1. The van der Waals surface area contributed by atoms with Crippen molar-refractivity contribution in [3.05, 3.63) is 59.9 Å². The van der Waals surface area contributed by atoms with Crippen molar-refractivity contribution < 1.29 is 22.3 Å². The molecule has 0 radical (unpaired) electrons. The normalized spacial score (nSPS) is 12.5. The standard InChI is InChI=1S/C18H21FN2O4S/c1-13(18(22)20-16-6-4-5-14(11-16)12-25-2)21(26(3,23)24)17-9-7-15(19)8-10-17/h4-11,13H,12H2,1-3H3,(H,20,22)/t13-/m1/s1. The van der Waals surface area contributed by atoms with Crippen molar-refractivity contribution in [3.8, 4) is 0 Å². The highest BCUT2D eigenvalue weighted by Crippen LogP contribution is 2.22. The van der Waals surface area contributed by atoms with Gasteiger partial charge in [0.05, 0.1) is 18.6 Å². The largest absolute Gasteiger partial charge is 0.380 e. The first-order chi connectivity index (χ1) is 12.2. The molecule has 140 valence electrons. The van der Waals surface area contributed by atoms with Gasteiger partial charge in [-0.3, -0.25) is 9.10 Å². The number of hydrogen-bond donors (Lipinski definition) is 1. The Bertz CT molecular complexity index is 869. The summed E-state index contributed by atoms with van der Waals surface area (Å²) in [5.74, 6) is -0.997. The second kappa shape index (κ2) is 8.29. The summed E-state index contributed by atoms with van der Waals surface area (Å²) in [6, 6.07) is 11.0. The number of rotatable bonds is 7. The summed E-state index contributed by atoms with van der Waals surface area (Å²) in [6.07, 6.45) is 0.999. The van der Waals surface area contributed by atoms with Crippen LogP contribution in [0.3, 0.4) is 0 Å². The number of carbonyl (C=O) groups is 1. The van der Waals surface area contributed by atoms with Crippen LogP contribution in [-0.4, -0.2) is 33.7 Å². The molecule has 2 aromatic rings. The Kier molecular flexibility index (Phi) is 6.33. The SMILES string of the molecule is COCc1cccc(NC(=O)[C@@H](C)N(c2ccc(F)cc2)S(C)(=O)=O)c1. The van der Waals surface area contributed by atoms with E-state index in [0.717, 1.165) is 28.3 Å². The number of methoxy groups -OCH3 is 1. The van der Waals surface area contributed by atoms with Gasteiger partial charge in [-0.15, -0.1) is 0 Å². The third-order valence-corrected chi connectivity index (χ3v) is 4.92. The Hall–Kier alpha value is -2.45. The van der Waals surface area contributed by atoms with E-state index in [4.69, 9.17) is 4.74 Å². The quantitative estimate of drug-likeness (QED) is 0.801. The van der Waals surface area contributed by atoms with E-state index < -0.39 is 27.8 Å². The van der Waals surface area contributed by atoms with Gasteiger partial charge in [-0.2, -0.15) is 0 Å². The molecule has 0 spiro atoms. The van der Waals surface area contributed by atoms with Crippen LogP contribution >= 0.6 is 0 Å². The van der Waals surface area contributed by atoms with Crippen molar-refractivity contribution in [1.82, 2.24) is 0 Å². The maximum absolute atomic E-state index is 13.1. The Morgan fingerprint density at radius 2 is 1.88 bits per heavy atom. The van der Waals surface area contributed by atoms with Gasteiger partial charge in [-0.25, -0.2) is 12.8 Å². The maximum Gasteiger partial charge on any atom is 0.247 e. The molecule has 0 aliphatic rings. The van der Waals surface area contributed by atoms with E-state index in [0.29, 0.717) is 12.3 Å². The van der Waals surface area contributed by atoms with Crippen LogP contribution in [0.4, 0.5) is 15.8 Å². The van der Waals surface area contributed by atoms with Crippen LogP contribution in [0.1, 0.15) is 12.5 Å². The van der Waals surface area contributed by atoms with E-state index in [1.54, 1.807) is 25.3 Å². The van der Waals surface area contributed by atoms with Gasteiger partial charge >= 0.3 is 0 Å². The number of nitrogens with zero attached hydrogens (tertiary/aromatic N) is 1. The van der Waals surface area contributed by atoms with Crippen molar-refractivity contribution in [1.29, 1.82) is 0 Å². The minimum Gasteiger partial charge on any atom is -0.380 e. The lowest BCUT2D eigenvalue weighted by Crippen LogP contribution is -2.45. The third kappa shape index (κ3) is 5.03. The zero-order chi connectivity index (χ0) is 19.3. The van der Waals surface area contributed by atoms with Gasteiger partial charge in [0.1, 0.15) is 11.9 Å². The molecule has 0 fully saturated rings. The smallest absolute Gasteiger partial charge is 0.247 e. The van der Waals surface area contributed by atoms with E-state index in [9.17, 15) is 17.6 Å². The first-order valence-corrected chi connectivity index (χ1v) is 9.71. The summed E-state index contributed by atoms with van der Waals surface area (Å²) >= 11 is 0. The van der Waals surface area contributed by atoms with Crippen molar-refractivity contribution in [2.45, 2.75) is 19.6 Å². The van der Waals surface area contributed by atoms with Crippen LogP contribution in [0.2, 0.25) is 0 Å². The Morgan fingerprint density at radius 1 is 1.23 bits per heavy atom. The van der Waals surface area contributed by atoms with Gasteiger partial charge in [-0.1, -0.05) is 12.1 Å². The second-order valence-corrected chi connectivity index (χ2v) is 7.69. The van der Waals surface area contributed by atoms with Gasteiger partial charge in [0, 0.05) is 12.8 Å². The topological polar surface area (TPSA) is 75.7 Å². The second-order valence-electron chi connectivity index (χ2n) is 5.83. The highest BCUT2D eigenvalue weighted by Gasteiger charge is 2.29. The molecule has 0 aliphatic heterocycles. The fourth-order valence-electron chi connectivity index (χ4n) is 2.55. The van der Waals surface area contributed by atoms with Gasteiger partial charge in [0.25, 0.3) is 0 Å². The molecule has 8 heteroatoms. The summed E-state index contributed by atoms with van der Waals surface area (Å²) in [7, 11) is -2.18. The number of halogens is 1. The molecule has 0 unspecified atom stereocenters. The molecule has 0 saturated heterocycles. The van der Waals surface area contributed by atoms with E-state index >= 15 is 0 Å². The summed E-state index contributed by atoms with van der Waals surface area (Å²) in [4.78, 5) is 12.6. The zero-order valence-corrected chi connectivity index (χ0v) is 15.6. The van der Waals surface area contributed by atoms with Gasteiger partial charge in [0.15, 0.2) is 0 Å². The van der Waals surface area contributed by atoms with Crippen LogP contribution in [0.15, 0.2) is 48.5 Å². The van der Waals surface area contributed by atoms with E-state index in [-0.39, 0.29) is 5.69 Å². The zero-order valence-electron chi connectivity index (χ0n) is 14.8. The maximum atomic E-state index is 13.1. The number of hydrogen-bond acceptors (Lipinski definition) is 4. The van der Waals surface area contributed by atoms with E-state index in [1.165, 1.54) is 19.1 Å². The van der Waals surface area contributed by atoms with Gasteiger partial charge in [0.2, 0.25) is 15.9 Å². The van der Waals surface area contributed by atoms with Crippen molar-refractivity contribution in [2.75, 3.05) is 23.0 Å². The molecule has 2 rings (SSSR count). The van der Waals surface area contributed by atoms with Crippen LogP contribution in [0.5, 0.6) is 0 Å². The lowest BCUT2D eigenvalue weighted by molar-refractivity contribution is -0.116. The summed E-state index contributed by atoms with van der Waals surface area (Å²) in [5, 5.41) is 2.70. The molecule has 0 heterocycles. The Labute approximate surface area is 152 Å². The van der Waals surface area contributed by atoms with Crippen molar-refractivity contribution in [2.24, 2.45) is 0 Å². The molecule has 1 atom stereocenters. The molecular formula is C18H21FN2O4S. The fraction of sp³-hybridized carbons (Fsp3) is 0.278. The van der Waals surface area contributed by atoms with Gasteiger partial charge in [-0.05, 0) is 48.9 Å². The number of amides is 1. The predicted molar refractivity (Wildman–Crippen MR) is 99.0 cm³/mol. The fourth-order valence-corrected chi connectivity index (χ4v) is 3.72. The number of ether oxygens (including phenoxy) is 1. The monoisotopic (exact) mass is 380 g/mol. The Balaban J connectivity index is 2.25. The molecule has 0 bridgehead atoms. The molecule has 6 nitrogen and oxygen atoms in total. The highest BCUT2D eigenvalue weighted by atomic mass is 32.2. The first-order valence-electron chi connectivity index (χ1n) is 7.86. The number of nitrogens with one attached hydrogen (secondary N) is 1. The lowest BCUT2D eigenvalue weighted by Gasteiger charge is -2.28. The molecule has 1 N–H and O–H groups in total. The van der Waals surface area contributed by atoms with Crippen molar-refractivity contribution >= 4 is 27.3 Å². The highest BCUT2D eigenvalue weighted by molar-refractivity contribution is 7.92. The summed E-state index contributed by atoms with van der Waals surface area (Å²) in [6.45, 7) is 1.86. The minimum absolute atomic E-state index is 0.213. The van der Waals surface area contributed by atoms with E-state index in [2.05, 4.69) is 5.32 Å². The van der Waals surface area contributed by atoms with Crippen LogP contribution in [-0.2, 0) is 26.2 Å². The minimum atomic E-state index is -3.75. The molecule has 0 aliphatic carbocycles. The van der Waals surface area contributed by atoms with Gasteiger partial charge < -0.3 is 10.1 Å². The molecule has 0 saturated carbocycles. The number of carbonyl (C=O) groups excluding carboxylic acids is 1. The molecule has 1 amide bonds. The predicted octanol–water partition coefficient (Wildman–Crippen LogP) is 2.77. The average Bonchev–Trinajstić information content (AvgIpc) is 2.56. The average molecular weight is 380 g/mol. The summed E-state index contributed by atoms with van der Waals surface area (Å²) < 4.78 is 43.5. The molecular weight excluding hydrogens is 359 g/mol. The lowest BCUT2D eigenvalue weighted by atomic mass is 10.2. The molecule has 2 aromatic carbocycles. The number of benzene rings is 2. The van der Waals surface area contributed by atoms with E-state index in [1.807, 2.05) is 6.07 Å². The van der Waals surface area contributed by atoms with Crippen molar-refractivity contribution in [3.63, 3.8) is 0 Å².